The third-order valence-electron chi connectivity index (χ3n) is 4.96. The molecule has 3 aromatic rings. The quantitative estimate of drug-likeness (QED) is 0.196. The van der Waals surface area contributed by atoms with Crippen molar-refractivity contribution in [2.75, 3.05) is 0 Å². The van der Waals surface area contributed by atoms with Gasteiger partial charge in [-0.05, 0) is 75.9 Å². The zero-order valence-corrected chi connectivity index (χ0v) is 21.6. The standard InChI is InChI=1S/2C10H14N2O.C6H5OP/c2*1-6-4-7(2)9(8(3)5-6)10(13)12-11;7-8-6-4-2-1-3-5-6/h2*4-5H,11H2,1-3H3,(H,12,13);1-5H/p+1. The molecule has 8 heteroatoms. The molecule has 0 saturated carbocycles. The molecule has 180 valence electrons. The molecule has 1 unspecified atom stereocenters. The minimum atomic E-state index is -0.320. The molecular formula is C26H34N4O3P+. The Balaban J connectivity index is 0.000000263. The highest BCUT2D eigenvalue weighted by Gasteiger charge is 2.11. The van der Waals surface area contributed by atoms with Crippen molar-refractivity contribution in [2.45, 2.75) is 41.5 Å². The number of aryl methyl sites for hydroxylation is 6. The van der Waals surface area contributed by atoms with E-state index in [1.54, 1.807) is 0 Å². The summed E-state index contributed by atoms with van der Waals surface area (Å²) in [6, 6.07) is 17.2. The Kier molecular flexibility index (Phi) is 11.8. The Labute approximate surface area is 203 Å². The normalized spacial score (nSPS) is 9.76. The van der Waals surface area contributed by atoms with Gasteiger partial charge < -0.3 is 0 Å². The minimum Gasteiger partial charge on any atom is -0.290 e. The second kappa shape index (κ2) is 14.0. The number of amides is 2. The van der Waals surface area contributed by atoms with Gasteiger partial charge in [-0.2, -0.15) is 0 Å². The van der Waals surface area contributed by atoms with Gasteiger partial charge in [0.25, 0.3) is 11.8 Å². The van der Waals surface area contributed by atoms with Crippen molar-refractivity contribution in [1.29, 1.82) is 0 Å². The van der Waals surface area contributed by atoms with E-state index in [1.165, 1.54) is 0 Å². The fourth-order valence-electron chi connectivity index (χ4n) is 3.73. The number of carbonyl (C=O) groups is 2. The second-order valence-corrected chi connectivity index (χ2v) is 8.74. The molecule has 0 aliphatic rings. The zero-order valence-electron chi connectivity index (χ0n) is 20.6. The maximum atomic E-state index is 11.3. The third-order valence-corrected chi connectivity index (χ3v) is 5.53. The number of hydrogen-bond donors (Lipinski definition) is 4. The Morgan fingerprint density at radius 3 is 1.21 bits per heavy atom. The van der Waals surface area contributed by atoms with Gasteiger partial charge in [-0.1, -0.05) is 58.2 Å². The van der Waals surface area contributed by atoms with Gasteiger partial charge in [-0.25, -0.2) is 11.7 Å². The van der Waals surface area contributed by atoms with E-state index in [4.69, 9.17) is 11.7 Å². The summed E-state index contributed by atoms with van der Waals surface area (Å²) in [7, 11) is -0.320. The number of hydrazine groups is 2. The smallest absolute Gasteiger partial charge is 0.290 e. The van der Waals surface area contributed by atoms with Crippen LogP contribution >= 0.6 is 8.46 Å². The predicted molar refractivity (Wildman–Crippen MR) is 140 cm³/mol. The Bertz CT molecular complexity index is 1030. The van der Waals surface area contributed by atoms with Crippen molar-refractivity contribution < 1.29 is 14.2 Å². The molecule has 0 aliphatic heterocycles. The van der Waals surface area contributed by atoms with Gasteiger partial charge in [-0.3, -0.25) is 20.4 Å². The molecule has 3 rings (SSSR count). The van der Waals surface area contributed by atoms with Gasteiger partial charge in [0.1, 0.15) is 0 Å². The van der Waals surface area contributed by atoms with Crippen LogP contribution < -0.4 is 27.8 Å². The molecule has 34 heavy (non-hydrogen) atoms. The van der Waals surface area contributed by atoms with Crippen LogP contribution in [-0.4, -0.2) is 11.8 Å². The summed E-state index contributed by atoms with van der Waals surface area (Å²) in [6.07, 6.45) is 0. The van der Waals surface area contributed by atoms with Gasteiger partial charge in [0, 0.05) is 11.1 Å². The number of benzene rings is 3. The molecule has 0 aliphatic carbocycles. The average molecular weight is 482 g/mol. The summed E-state index contributed by atoms with van der Waals surface area (Å²) < 4.78 is 10.2. The van der Waals surface area contributed by atoms with E-state index < -0.39 is 0 Å². The van der Waals surface area contributed by atoms with Crippen LogP contribution in [0.4, 0.5) is 0 Å². The zero-order chi connectivity index (χ0) is 25.8. The summed E-state index contributed by atoms with van der Waals surface area (Å²) in [4.78, 5) is 22.7. The first-order chi connectivity index (χ1) is 16.0. The Hall–Kier alpha value is -3.38. The van der Waals surface area contributed by atoms with Crippen molar-refractivity contribution in [3.63, 3.8) is 0 Å². The molecule has 1 atom stereocenters. The second-order valence-electron chi connectivity index (χ2n) is 7.96. The maximum absolute atomic E-state index is 11.3. The van der Waals surface area contributed by atoms with Gasteiger partial charge >= 0.3 is 8.46 Å². The van der Waals surface area contributed by atoms with Crippen LogP contribution in [0.25, 0.3) is 0 Å². The van der Waals surface area contributed by atoms with Crippen LogP contribution in [0.5, 0.6) is 0 Å². The largest absolute Gasteiger partial charge is 0.363 e. The van der Waals surface area contributed by atoms with Crippen molar-refractivity contribution in [2.24, 2.45) is 11.7 Å². The highest BCUT2D eigenvalue weighted by molar-refractivity contribution is 7.34. The predicted octanol–water partition coefficient (Wildman–Crippen LogP) is 3.77. The molecular weight excluding hydrogens is 447 g/mol. The van der Waals surface area contributed by atoms with E-state index in [-0.39, 0.29) is 20.3 Å². The monoisotopic (exact) mass is 481 g/mol. The number of nitrogen functional groups attached to an aromatic ring is 2. The molecule has 7 nitrogen and oxygen atoms in total. The van der Waals surface area contributed by atoms with Crippen molar-refractivity contribution in [3.05, 3.63) is 99.1 Å². The first kappa shape index (κ1) is 28.7. The minimum absolute atomic E-state index is 0.227. The van der Waals surface area contributed by atoms with E-state index in [1.807, 2.05) is 96.1 Å². The van der Waals surface area contributed by atoms with Gasteiger partial charge in [-0.15, -0.1) is 0 Å². The molecule has 0 heterocycles. The lowest BCUT2D eigenvalue weighted by Crippen LogP contribution is -2.31. The molecule has 0 radical (unpaired) electrons. The van der Waals surface area contributed by atoms with Crippen LogP contribution in [0.15, 0.2) is 54.6 Å². The van der Waals surface area contributed by atoms with Crippen molar-refractivity contribution in [1.82, 2.24) is 10.9 Å². The summed E-state index contributed by atoms with van der Waals surface area (Å²) in [5.74, 6) is 9.71. The number of nitrogens with two attached hydrogens (primary N) is 2. The topological polar surface area (TPSA) is 127 Å². The lowest BCUT2D eigenvalue weighted by atomic mass is 9.99. The lowest BCUT2D eigenvalue weighted by Gasteiger charge is -2.08. The Morgan fingerprint density at radius 2 is 0.971 bits per heavy atom. The maximum Gasteiger partial charge on any atom is 0.363 e. The van der Waals surface area contributed by atoms with Gasteiger partial charge in [0.15, 0.2) is 5.30 Å². The van der Waals surface area contributed by atoms with E-state index in [9.17, 15) is 14.2 Å². The van der Waals surface area contributed by atoms with Crippen molar-refractivity contribution in [3.8, 4) is 0 Å². The third kappa shape index (κ3) is 8.52. The highest BCUT2D eigenvalue weighted by Crippen LogP contribution is 2.16. The highest BCUT2D eigenvalue weighted by atomic mass is 31.1. The summed E-state index contributed by atoms with van der Waals surface area (Å²) in [5.41, 5.74) is 11.8. The first-order valence-corrected chi connectivity index (χ1v) is 11.6. The molecule has 0 fully saturated rings. The average Bonchev–Trinajstić information content (AvgIpc) is 2.78. The van der Waals surface area contributed by atoms with Gasteiger partial charge in [0.05, 0.1) is 0 Å². The molecule has 6 N–H and O–H groups in total. The van der Waals surface area contributed by atoms with E-state index in [2.05, 4.69) is 10.9 Å². The van der Waals surface area contributed by atoms with Crippen molar-refractivity contribution >= 4 is 25.6 Å². The SMILES string of the molecule is Cc1cc(C)c(C(=O)NN)c(C)c1.Cc1cc(C)c(C(=O)NN)c(C)c1.O=[PH+]c1ccccc1. The number of carbonyl (C=O) groups excluding carboxylic acids is 2. The van der Waals surface area contributed by atoms with E-state index in [0.29, 0.717) is 11.1 Å². The molecule has 0 bridgehead atoms. The number of nitrogens with one attached hydrogen (secondary N) is 2. The molecule has 0 aromatic heterocycles. The van der Waals surface area contributed by atoms with Gasteiger partial charge in [0.2, 0.25) is 0 Å². The molecule has 3 aromatic carbocycles. The summed E-state index contributed by atoms with van der Waals surface area (Å²) in [6.45, 7) is 11.6. The lowest BCUT2D eigenvalue weighted by molar-refractivity contribution is 0.0944. The number of hydrogen-bond acceptors (Lipinski definition) is 5. The fourth-order valence-corrected chi connectivity index (χ4v) is 4.06. The molecule has 0 spiro atoms. The van der Waals surface area contributed by atoms with Crippen LogP contribution in [-0.2, 0) is 4.57 Å². The first-order valence-electron chi connectivity index (χ1n) is 10.7. The number of rotatable bonds is 3. The van der Waals surface area contributed by atoms with Crippen LogP contribution in [0.3, 0.4) is 0 Å². The van der Waals surface area contributed by atoms with Crippen LogP contribution in [0, 0.1) is 41.5 Å². The van der Waals surface area contributed by atoms with Crippen LogP contribution in [0.1, 0.15) is 54.1 Å². The summed E-state index contributed by atoms with van der Waals surface area (Å²) >= 11 is 0. The molecule has 0 saturated heterocycles. The fraction of sp³-hybridized carbons (Fsp3) is 0.231. The summed E-state index contributed by atoms with van der Waals surface area (Å²) in [5, 5.41) is 0.882. The van der Waals surface area contributed by atoms with Crippen LogP contribution in [0.2, 0.25) is 0 Å². The van der Waals surface area contributed by atoms with E-state index in [0.717, 1.165) is 38.7 Å². The Morgan fingerprint density at radius 1 is 0.647 bits per heavy atom. The molecule has 2 amide bonds. The van der Waals surface area contributed by atoms with E-state index >= 15 is 0 Å².